The van der Waals surface area contributed by atoms with Gasteiger partial charge in [-0.1, -0.05) is 30.3 Å². The first-order valence-corrected chi connectivity index (χ1v) is 10.8. The second-order valence-electron chi connectivity index (χ2n) is 9.68. The third-order valence-corrected chi connectivity index (χ3v) is 7.57. The lowest BCUT2D eigenvalue weighted by Gasteiger charge is -2.57. The van der Waals surface area contributed by atoms with E-state index in [0.29, 0.717) is 11.3 Å². The molecule has 3 nitrogen and oxygen atoms in total. The van der Waals surface area contributed by atoms with Gasteiger partial charge in [0.1, 0.15) is 5.75 Å². The van der Waals surface area contributed by atoms with Gasteiger partial charge in [0.15, 0.2) is 0 Å². The Bertz CT molecular complexity index is 948. The van der Waals surface area contributed by atoms with Crippen LogP contribution in [0.5, 0.6) is 5.75 Å². The van der Waals surface area contributed by atoms with Gasteiger partial charge >= 0.3 is 5.97 Å². The zero-order valence-electron chi connectivity index (χ0n) is 16.9. The Morgan fingerprint density at radius 3 is 2.03 bits per heavy atom. The predicted octanol–water partition coefficient (Wildman–Crippen LogP) is 6.01. The van der Waals surface area contributed by atoms with Crippen LogP contribution in [0.25, 0.3) is 17.2 Å². The fourth-order valence-electron chi connectivity index (χ4n) is 6.66. The summed E-state index contributed by atoms with van der Waals surface area (Å²) in [5, 5.41) is 19.8. The number of aromatic hydroxyl groups is 1. The Labute approximate surface area is 172 Å². The van der Waals surface area contributed by atoms with Crippen LogP contribution < -0.4 is 0 Å². The van der Waals surface area contributed by atoms with Crippen molar-refractivity contribution < 1.29 is 15.0 Å². The highest BCUT2D eigenvalue weighted by Crippen LogP contribution is 2.62. The second-order valence-corrected chi connectivity index (χ2v) is 9.68. The fourth-order valence-corrected chi connectivity index (χ4v) is 6.66. The minimum absolute atomic E-state index is 0.163. The summed E-state index contributed by atoms with van der Waals surface area (Å²) in [6, 6.07) is 14.1. The zero-order valence-corrected chi connectivity index (χ0v) is 16.9. The Kier molecular flexibility index (Phi) is 4.31. The quantitative estimate of drug-likeness (QED) is 0.630. The van der Waals surface area contributed by atoms with E-state index >= 15 is 0 Å². The number of rotatable bonds is 4. The SMILES string of the molecule is C/C(=C\c1ccc(-c2ccc(O)c(C34CC5CC(CC(C5)C3)C4)c2)cc1)C(=O)O. The Balaban J connectivity index is 1.48. The summed E-state index contributed by atoms with van der Waals surface area (Å²) in [6.07, 6.45) is 9.56. The molecule has 4 saturated carbocycles. The molecule has 4 fully saturated rings. The van der Waals surface area contributed by atoms with Crippen molar-refractivity contribution in [2.45, 2.75) is 50.9 Å². The van der Waals surface area contributed by atoms with Crippen molar-refractivity contribution in [3.05, 3.63) is 59.2 Å². The molecule has 2 N–H and O–H groups in total. The van der Waals surface area contributed by atoms with Crippen molar-refractivity contribution in [2.75, 3.05) is 0 Å². The van der Waals surface area contributed by atoms with Crippen LogP contribution in [0.15, 0.2) is 48.0 Å². The molecule has 0 aromatic heterocycles. The first kappa shape index (κ1) is 18.5. The number of hydrogen-bond donors (Lipinski definition) is 2. The van der Waals surface area contributed by atoms with E-state index in [9.17, 15) is 9.90 Å². The summed E-state index contributed by atoms with van der Waals surface area (Å²) in [5.41, 5.74) is 4.75. The number of carbonyl (C=O) groups is 1. The van der Waals surface area contributed by atoms with Gasteiger partial charge in [-0.3, -0.25) is 0 Å². The molecule has 2 aromatic rings. The molecule has 4 bridgehead atoms. The van der Waals surface area contributed by atoms with Crippen molar-refractivity contribution >= 4 is 12.0 Å². The van der Waals surface area contributed by atoms with Crippen molar-refractivity contribution in [1.82, 2.24) is 0 Å². The minimum Gasteiger partial charge on any atom is -0.508 e. The first-order valence-electron chi connectivity index (χ1n) is 10.8. The summed E-state index contributed by atoms with van der Waals surface area (Å²) in [4.78, 5) is 11.0. The van der Waals surface area contributed by atoms with E-state index in [1.807, 2.05) is 36.4 Å². The normalized spacial score (nSPS) is 30.5. The van der Waals surface area contributed by atoms with Crippen LogP contribution in [-0.4, -0.2) is 16.2 Å². The lowest BCUT2D eigenvalue weighted by atomic mass is 9.48. The largest absolute Gasteiger partial charge is 0.508 e. The maximum atomic E-state index is 11.0. The van der Waals surface area contributed by atoms with Gasteiger partial charge in [0.2, 0.25) is 0 Å². The van der Waals surface area contributed by atoms with Gasteiger partial charge in [0.05, 0.1) is 0 Å². The first-order chi connectivity index (χ1) is 13.9. The Morgan fingerprint density at radius 1 is 0.931 bits per heavy atom. The number of phenols is 1. The molecule has 4 aliphatic carbocycles. The van der Waals surface area contributed by atoms with Crippen LogP contribution in [-0.2, 0) is 10.2 Å². The Morgan fingerprint density at radius 2 is 1.48 bits per heavy atom. The van der Waals surface area contributed by atoms with Gasteiger partial charge in [0, 0.05) is 11.1 Å². The van der Waals surface area contributed by atoms with Crippen molar-refractivity contribution in [2.24, 2.45) is 17.8 Å². The molecule has 0 atom stereocenters. The van der Waals surface area contributed by atoms with Crippen LogP contribution >= 0.6 is 0 Å². The third kappa shape index (κ3) is 3.27. The van der Waals surface area contributed by atoms with Crippen molar-refractivity contribution in [3.63, 3.8) is 0 Å². The molecule has 0 heterocycles. The summed E-state index contributed by atoms with van der Waals surface area (Å²) in [6.45, 7) is 1.61. The molecule has 29 heavy (non-hydrogen) atoms. The van der Waals surface area contributed by atoms with Gasteiger partial charge in [-0.25, -0.2) is 4.79 Å². The highest BCUT2D eigenvalue weighted by Gasteiger charge is 2.52. The number of carboxylic acid groups (broad SMARTS) is 1. The van der Waals surface area contributed by atoms with E-state index in [1.54, 1.807) is 13.0 Å². The standard InChI is InChI=1S/C26H28O3/c1-16(25(28)29)8-17-2-4-21(5-3-17)22-6-7-24(27)23(12-22)26-13-18-9-19(14-26)11-20(10-18)15-26/h2-8,12,18-20,27H,9-11,13-15H2,1H3,(H,28,29)/b16-8+. The molecule has 0 radical (unpaired) electrons. The lowest BCUT2D eigenvalue weighted by Crippen LogP contribution is -2.48. The van der Waals surface area contributed by atoms with Crippen LogP contribution in [0, 0.1) is 17.8 Å². The predicted molar refractivity (Wildman–Crippen MR) is 115 cm³/mol. The van der Waals surface area contributed by atoms with E-state index in [4.69, 9.17) is 5.11 Å². The highest BCUT2D eigenvalue weighted by molar-refractivity contribution is 5.91. The van der Waals surface area contributed by atoms with Gasteiger partial charge in [0.25, 0.3) is 0 Å². The van der Waals surface area contributed by atoms with E-state index in [2.05, 4.69) is 6.07 Å². The average molecular weight is 389 g/mol. The second kappa shape index (κ2) is 6.76. The molecule has 0 spiro atoms. The number of hydrogen-bond acceptors (Lipinski definition) is 2. The smallest absolute Gasteiger partial charge is 0.331 e. The lowest BCUT2D eigenvalue weighted by molar-refractivity contribution is -0.132. The molecule has 6 rings (SSSR count). The Hall–Kier alpha value is -2.55. The van der Waals surface area contributed by atoms with Gasteiger partial charge in [-0.05, 0) is 104 Å². The maximum absolute atomic E-state index is 11.0. The van der Waals surface area contributed by atoms with E-state index in [1.165, 1.54) is 38.5 Å². The van der Waals surface area contributed by atoms with Gasteiger partial charge < -0.3 is 10.2 Å². The van der Waals surface area contributed by atoms with E-state index in [-0.39, 0.29) is 5.41 Å². The molecule has 0 amide bonds. The summed E-state index contributed by atoms with van der Waals surface area (Å²) in [5.74, 6) is 2.08. The molecule has 0 unspecified atom stereocenters. The summed E-state index contributed by atoms with van der Waals surface area (Å²) < 4.78 is 0. The number of carboxylic acids is 1. The van der Waals surface area contributed by atoms with Gasteiger partial charge in [-0.15, -0.1) is 0 Å². The van der Waals surface area contributed by atoms with Crippen LogP contribution in [0.4, 0.5) is 0 Å². The highest BCUT2D eigenvalue weighted by atomic mass is 16.4. The van der Waals surface area contributed by atoms with E-state index < -0.39 is 5.97 Å². The number of benzene rings is 2. The summed E-state index contributed by atoms with van der Waals surface area (Å²) in [7, 11) is 0. The van der Waals surface area contributed by atoms with Crippen LogP contribution in [0.1, 0.15) is 56.6 Å². The maximum Gasteiger partial charge on any atom is 0.331 e. The summed E-state index contributed by atoms with van der Waals surface area (Å²) >= 11 is 0. The molecule has 0 aliphatic heterocycles. The average Bonchev–Trinajstić information content (AvgIpc) is 2.68. The molecule has 4 aliphatic rings. The monoisotopic (exact) mass is 388 g/mol. The minimum atomic E-state index is -0.896. The van der Waals surface area contributed by atoms with Crippen LogP contribution in [0.2, 0.25) is 0 Å². The molecule has 3 heteroatoms. The number of phenolic OH excluding ortho intramolecular Hbond substituents is 1. The van der Waals surface area contributed by atoms with E-state index in [0.717, 1.165) is 40.0 Å². The third-order valence-electron chi connectivity index (χ3n) is 7.57. The molecule has 2 aromatic carbocycles. The van der Waals surface area contributed by atoms with Gasteiger partial charge in [-0.2, -0.15) is 0 Å². The molecule has 0 saturated heterocycles. The molecular weight excluding hydrogens is 360 g/mol. The topological polar surface area (TPSA) is 57.5 Å². The van der Waals surface area contributed by atoms with Crippen LogP contribution in [0.3, 0.4) is 0 Å². The zero-order chi connectivity index (χ0) is 20.2. The van der Waals surface area contributed by atoms with Crippen molar-refractivity contribution in [3.8, 4) is 16.9 Å². The molecular formula is C26H28O3. The number of aliphatic carboxylic acids is 1. The van der Waals surface area contributed by atoms with Crippen molar-refractivity contribution in [1.29, 1.82) is 0 Å². The molecule has 150 valence electrons. The fraction of sp³-hybridized carbons (Fsp3) is 0.423.